The molecule has 1 atom stereocenters. The lowest BCUT2D eigenvalue weighted by Crippen LogP contribution is -2.58. The maximum atomic E-state index is 12.4. The highest BCUT2D eigenvalue weighted by molar-refractivity contribution is 6.31. The van der Waals surface area contributed by atoms with Gasteiger partial charge >= 0.3 is 0 Å². The SMILES string of the molecule is CC1(C(=O)NCCc2ccco2)Oc2ccc(Cl)cc2NC1=O. The molecule has 0 fully saturated rings. The molecule has 1 aromatic heterocycles. The molecule has 1 aliphatic rings. The van der Waals surface area contributed by atoms with Crippen LogP contribution in [0.4, 0.5) is 5.69 Å². The lowest BCUT2D eigenvalue weighted by molar-refractivity contribution is -0.146. The van der Waals surface area contributed by atoms with Crippen molar-refractivity contribution < 1.29 is 18.7 Å². The van der Waals surface area contributed by atoms with Crippen molar-refractivity contribution in [2.75, 3.05) is 11.9 Å². The van der Waals surface area contributed by atoms with Gasteiger partial charge in [0, 0.05) is 18.0 Å². The molecule has 7 heteroatoms. The van der Waals surface area contributed by atoms with Gasteiger partial charge in [0.1, 0.15) is 11.5 Å². The molecule has 0 aliphatic carbocycles. The van der Waals surface area contributed by atoms with Crippen molar-refractivity contribution in [3.05, 3.63) is 47.4 Å². The van der Waals surface area contributed by atoms with E-state index in [2.05, 4.69) is 10.6 Å². The lowest BCUT2D eigenvalue weighted by Gasteiger charge is -2.33. The van der Waals surface area contributed by atoms with E-state index in [9.17, 15) is 9.59 Å². The maximum absolute atomic E-state index is 12.4. The largest absolute Gasteiger partial charge is 0.469 e. The molecule has 6 nitrogen and oxygen atoms in total. The Balaban J connectivity index is 1.69. The first-order valence-corrected chi connectivity index (χ1v) is 7.47. The monoisotopic (exact) mass is 334 g/mol. The lowest BCUT2D eigenvalue weighted by atomic mass is 10.0. The fraction of sp³-hybridized carbons (Fsp3) is 0.250. The number of carbonyl (C=O) groups is 2. The smallest absolute Gasteiger partial charge is 0.278 e. The van der Waals surface area contributed by atoms with Crippen molar-refractivity contribution in [1.82, 2.24) is 5.32 Å². The van der Waals surface area contributed by atoms with Gasteiger partial charge in [-0.2, -0.15) is 0 Å². The zero-order valence-corrected chi connectivity index (χ0v) is 13.1. The van der Waals surface area contributed by atoms with Gasteiger partial charge in [-0.25, -0.2) is 0 Å². The summed E-state index contributed by atoms with van der Waals surface area (Å²) < 4.78 is 10.8. The molecular formula is C16H15ClN2O4. The molecule has 2 aromatic rings. The highest BCUT2D eigenvalue weighted by atomic mass is 35.5. The molecule has 1 aromatic carbocycles. The first-order chi connectivity index (χ1) is 11.0. The standard InChI is InChI=1S/C16H15ClN2O4/c1-16(14(20)18-7-6-11-3-2-8-22-11)15(21)19-12-9-10(17)4-5-13(12)23-16/h2-5,8-9H,6-7H2,1H3,(H,18,20)(H,19,21). The third kappa shape index (κ3) is 3.03. The number of rotatable bonds is 4. The summed E-state index contributed by atoms with van der Waals surface area (Å²) >= 11 is 5.88. The van der Waals surface area contributed by atoms with Gasteiger partial charge in [-0.1, -0.05) is 11.6 Å². The van der Waals surface area contributed by atoms with Crippen LogP contribution in [0.5, 0.6) is 5.75 Å². The quantitative estimate of drug-likeness (QED) is 0.841. The van der Waals surface area contributed by atoms with Crippen LogP contribution in [0, 0.1) is 0 Å². The molecular weight excluding hydrogens is 320 g/mol. The van der Waals surface area contributed by atoms with Crippen LogP contribution in [-0.2, 0) is 16.0 Å². The van der Waals surface area contributed by atoms with Gasteiger partial charge in [0.2, 0.25) is 0 Å². The van der Waals surface area contributed by atoms with E-state index < -0.39 is 17.4 Å². The number of hydrogen-bond acceptors (Lipinski definition) is 4. The second kappa shape index (κ2) is 5.96. The highest BCUT2D eigenvalue weighted by Crippen LogP contribution is 2.35. The minimum atomic E-state index is -1.63. The van der Waals surface area contributed by atoms with Gasteiger partial charge < -0.3 is 19.8 Å². The van der Waals surface area contributed by atoms with E-state index in [0.29, 0.717) is 29.4 Å². The maximum Gasteiger partial charge on any atom is 0.278 e. The molecule has 0 saturated carbocycles. The number of nitrogens with one attached hydrogen (secondary N) is 2. The molecule has 0 radical (unpaired) electrons. The number of halogens is 1. The topological polar surface area (TPSA) is 80.6 Å². The summed E-state index contributed by atoms with van der Waals surface area (Å²) in [6.07, 6.45) is 2.10. The third-order valence-corrected chi connectivity index (χ3v) is 3.84. The fourth-order valence-electron chi connectivity index (χ4n) is 2.27. The molecule has 0 spiro atoms. The second-order valence-corrected chi connectivity index (χ2v) is 5.75. The Hall–Kier alpha value is -2.47. The average Bonchev–Trinajstić information content (AvgIpc) is 3.02. The molecule has 2 amide bonds. The second-order valence-electron chi connectivity index (χ2n) is 5.32. The first kappa shape index (κ1) is 15.4. The summed E-state index contributed by atoms with van der Waals surface area (Å²) in [6, 6.07) is 8.41. The zero-order valence-electron chi connectivity index (χ0n) is 12.4. The van der Waals surface area contributed by atoms with Crippen molar-refractivity contribution >= 4 is 29.1 Å². The Kier molecular flexibility index (Phi) is 4.00. The van der Waals surface area contributed by atoms with Crippen molar-refractivity contribution in [1.29, 1.82) is 0 Å². The number of amides is 2. The van der Waals surface area contributed by atoms with Crippen molar-refractivity contribution in [2.45, 2.75) is 18.9 Å². The molecule has 0 saturated heterocycles. The van der Waals surface area contributed by atoms with Crippen LogP contribution in [0.3, 0.4) is 0 Å². The van der Waals surface area contributed by atoms with Gasteiger partial charge in [-0.05, 0) is 37.3 Å². The predicted octanol–water partition coefficient (Wildman–Crippen LogP) is 2.38. The van der Waals surface area contributed by atoms with Crippen LogP contribution < -0.4 is 15.4 Å². The zero-order chi connectivity index (χ0) is 16.4. The van der Waals surface area contributed by atoms with E-state index in [1.807, 2.05) is 6.07 Å². The van der Waals surface area contributed by atoms with Crippen molar-refractivity contribution in [3.8, 4) is 5.75 Å². The van der Waals surface area contributed by atoms with Crippen molar-refractivity contribution in [2.24, 2.45) is 0 Å². The molecule has 1 aliphatic heterocycles. The summed E-state index contributed by atoms with van der Waals surface area (Å²) in [5.74, 6) is 0.104. The predicted molar refractivity (Wildman–Crippen MR) is 84.5 cm³/mol. The Bertz CT molecular complexity index is 745. The normalized spacial score (nSPS) is 19.5. The summed E-state index contributed by atoms with van der Waals surface area (Å²) in [5.41, 5.74) is -1.19. The highest BCUT2D eigenvalue weighted by Gasteiger charge is 2.47. The van der Waals surface area contributed by atoms with E-state index in [-0.39, 0.29) is 0 Å². The average molecular weight is 335 g/mol. The summed E-state index contributed by atoms with van der Waals surface area (Å²) in [7, 11) is 0. The Labute approximate surface area is 137 Å². The summed E-state index contributed by atoms with van der Waals surface area (Å²) in [6.45, 7) is 1.77. The number of anilines is 1. The minimum absolute atomic E-state index is 0.339. The number of ether oxygens (including phenoxy) is 1. The number of carbonyl (C=O) groups excluding carboxylic acids is 2. The number of benzene rings is 1. The molecule has 2 N–H and O–H groups in total. The number of fused-ring (bicyclic) bond motifs is 1. The van der Waals surface area contributed by atoms with E-state index >= 15 is 0 Å². The van der Waals surface area contributed by atoms with Gasteiger partial charge in [-0.15, -0.1) is 0 Å². The van der Waals surface area contributed by atoms with Gasteiger partial charge in [0.25, 0.3) is 17.4 Å². The molecule has 3 rings (SSSR count). The van der Waals surface area contributed by atoms with Crippen LogP contribution in [0.1, 0.15) is 12.7 Å². The van der Waals surface area contributed by atoms with Crippen LogP contribution in [0.2, 0.25) is 5.02 Å². The molecule has 0 bridgehead atoms. The van der Waals surface area contributed by atoms with E-state index in [1.54, 1.807) is 30.5 Å². The molecule has 23 heavy (non-hydrogen) atoms. The Morgan fingerprint density at radius 2 is 2.22 bits per heavy atom. The molecule has 2 heterocycles. The Morgan fingerprint density at radius 1 is 1.39 bits per heavy atom. The third-order valence-electron chi connectivity index (χ3n) is 3.61. The van der Waals surface area contributed by atoms with Crippen LogP contribution in [-0.4, -0.2) is 24.0 Å². The first-order valence-electron chi connectivity index (χ1n) is 7.10. The van der Waals surface area contributed by atoms with Gasteiger partial charge in [-0.3, -0.25) is 9.59 Å². The number of hydrogen-bond donors (Lipinski definition) is 2. The Morgan fingerprint density at radius 3 is 2.96 bits per heavy atom. The minimum Gasteiger partial charge on any atom is -0.469 e. The molecule has 120 valence electrons. The number of furan rings is 1. The molecule has 1 unspecified atom stereocenters. The van der Waals surface area contributed by atoms with E-state index in [0.717, 1.165) is 5.76 Å². The van der Waals surface area contributed by atoms with Crippen LogP contribution in [0.25, 0.3) is 0 Å². The fourth-order valence-corrected chi connectivity index (χ4v) is 2.44. The van der Waals surface area contributed by atoms with Crippen LogP contribution in [0.15, 0.2) is 41.0 Å². The van der Waals surface area contributed by atoms with Crippen molar-refractivity contribution in [3.63, 3.8) is 0 Å². The van der Waals surface area contributed by atoms with Crippen LogP contribution >= 0.6 is 11.6 Å². The van der Waals surface area contributed by atoms with E-state index in [1.165, 1.54) is 6.92 Å². The van der Waals surface area contributed by atoms with Gasteiger partial charge in [0.05, 0.1) is 12.0 Å². The van der Waals surface area contributed by atoms with Gasteiger partial charge in [0.15, 0.2) is 0 Å². The van der Waals surface area contributed by atoms with E-state index in [4.69, 9.17) is 20.8 Å². The summed E-state index contributed by atoms with van der Waals surface area (Å²) in [5, 5.41) is 5.81. The summed E-state index contributed by atoms with van der Waals surface area (Å²) in [4.78, 5) is 24.6.